The third-order valence-electron chi connectivity index (χ3n) is 2.11. The molecule has 17 heavy (non-hydrogen) atoms. The van der Waals surface area contributed by atoms with Crippen LogP contribution in [0.4, 0.5) is 0 Å². The molecule has 0 radical (unpaired) electrons. The lowest BCUT2D eigenvalue weighted by Gasteiger charge is -2.11. The average Bonchev–Trinajstić information content (AvgIpc) is 2.61. The number of carbonyl (C=O) groups is 3. The third kappa shape index (κ3) is 2.60. The lowest BCUT2D eigenvalue weighted by molar-refractivity contribution is -0.172. The van der Waals surface area contributed by atoms with Gasteiger partial charge < -0.3 is 4.84 Å². The van der Waals surface area contributed by atoms with Gasteiger partial charge in [-0.2, -0.15) is 0 Å². The minimum atomic E-state index is -0.813. The Labute approximate surface area is 110 Å². The van der Waals surface area contributed by atoms with Gasteiger partial charge in [0.1, 0.15) is 0 Å². The molecule has 0 atom stereocenters. The number of amides is 2. The molecule has 0 N–H and O–H groups in total. The lowest BCUT2D eigenvalue weighted by Crippen LogP contribution is -2.32. The van der Waals surface area contributed by atoms with E-state index < -0.39 is 17.8 Å². The molecule has 0 aromatic carbocycles. The summed E-state index contributed by atoms with van der Waals surface area (Å²) in [7, 11) is 0. The average molecular weight is 346 g/mol. The predicted octanol–water partition coefficient (Wildman–Crippen LogP) is 0.907. The molecular formula is C10H7IN2O4. The summed E-state index contributed by atoms with van der Waals surface area (Å²) < 4.78 is 0.809. The van der Waals surface area contributed by atoms with Crippen molar-refractivity contribution in [2.45, 2.75) is 12.8 Å². The first-order chi connectivity index (χ1) is 8.08. The highest BCUT2D eigenvalue weighted by Crippen LogP contribution is 2.14. The van der Waals surface area contributed by atoms with Crippen molar-refractivity contribution in [2.24, 2.45) is 0 Å². The van der Waals surface area contributed by atoms with Crippen LogP contribution in [0.3, 0.4) is 0 Å². The normalized spacial score (nSPS) is 15.2. The number of nitrogens with zero attached hydrogens (tertiary/aromatic N) is 2. The second-order valence-electron chi connectivity index (χ2n) is 3.32. The van der Waals surface area contributed by atoms with E-state index in [0.717, 1.165) is 3.57 Å². The van der Waals surface area contributed by atoms with Crippen molar-refractivity contribution in [3.05, 3.63) is 27.6 Å². The van der Waals surface area contributed by atoms with Gasteiger partial charge >= 0.3 is 5.97 Å². The standard InChI is InChI=1S/C10H7IN2O4/c11-6-3-4-12-7(5-6)10(16)17-13-8(14)1-2-9(13)15/h3-5H,1-2H2. The molecule has 1 fully saturated rings. The van der Waals surface area contributed by atoms with Gasteiger partial charge in [0.15, 0.2) is 5.69 Å². The number of hydroxylamine groups is 2. The van der Waals surface area contributed by atoms with Gasteiger partial charge in [-0.05, 0) is 34.7 Å². The molecule has 0 aliphatic carbocycles. The van der Waals surface area contributed by atoms with E-state index in [1.807, 2.05) is 22.6 Å². The van der Waals surface area contributed by atoms with E-state index >= 15 is 0 Å². The summed E-state index contributed by atoms with van der Waals surface area (Å²) in [6.45, 7) is 0. The van der Waals surface area contributed by atoms with Gasteiger partial charge in [-0.3, -0.25) is 9.59 Å². The summed E-state index contributed by atoms with van der Waals surface area (Å²) >= 11 is 2.02. The van der Waals surface area contributed by atoms with E-state index in [4.69, 9.17) is 4.84 Å². The number of hydrogen-bond donors (Lipinski definition) is 0. The number of carbonyl (C=O) groups excluding carboxylic acids is 3. The highest BCUT2D eigenvalue weighted by atomic mass is 127. The van der Waals surface area contributed by atoms with E-state index in [-0.39, 0.29) is 18.5 Å². The zero-order chi connectivity index (χ0) is 12.4. The Morgan fingerprint density at radius 3 is 2.59 bits per heavy atom. The largest absolute Gasteiger partial charge is 0.382 e. The van der Waals surface area contributed by atoms with E-state index in [9.17, 15) is 14.4 Å². The second kappa shape index (κ2) is 4.78. The fourth-order valence-corrected chi connectivity index (χ4v) is 1.76. The lowest BCUT2D eigenvalue weighted by atomic mass is 10.4. The van der Waals surface area contributed by atoms with Crippen molar-refractivity contribution in [1.82, 2.24) is 10.0 Å². The van der Waals surface area contributed by atoms with Crippen LogP contribution in [0.25, 0.3) is 0 Å². The van der Waals surface area contributed by atoms with Crippen molar-refractivity contribution in [2.75, 3.05) is 0 Å². The smallest absolute Gasteiger partial charge is 0.323 e. The Bertz CT molecular complexity index is 487. The number of aromatic nitrogens is 1. The summed E-state index contributed by atoms with van der Waals surface area (Å²) in [4.78, 5) is 42.6. The van der Waals surface area contributed by atoms with Crippen molar-refractivity contribution < 1.29 is 19.2 Å². The highest BCUT2D eigenvalue weighted by Gasteiger charge is 2.33. The molecule has 0 saturated carbocycles. The Balaban J connectivity index is 2.12. The number of rotatable bonds is 2. The van der Waals surface area contributed by atoms with Crippen LogP contribution in [0.2, 0.25) is 0 Å². The molecule has 1 aliphatic rings. The SMILES string of the molecule is O=C(ON1C(=O)CCC1=O)c1cc(I)ccn1. The van der Waals surface area contributed by atoms with E-state index in [1.54, 1.807) is 6.07 Å². The minimum absolute atomic E-state index is 0.0596. The monoisotopic (exact) mass is 346 g/mol. The fourth-order valence-electron chi connectivity index (χ4n) is 1.30. The predicted molar refractivity (Wildman–Crippen MR) is 63.5 cm³/mol. The summed E-state index contributed by atoms with van der Waals surface area (Å²) in [5, 5.41) is 0.504. The van der Waals surface area contributed by atoms with Gasteiger partial charge in [0.25, 0.3) is 11.8 Å². The van der Waals surface area contributed by atoms with Crippen LogP contribution >= 0.6 is 22.6 Å². The molecule has 1 aliphatic heterocycles. The Kier molecular flexibility index (Phi) is 3.36. The first-order valence-corrected chi connectivity index (χ1v) is 5.85. The molecule has 7 heteroatoms. The van der Waals surface area contributed by atoms with Gasteiger partial charge in [0.05, 0.1) is 0 Å². The molecular weight excluding hydrogens is 339 g/mol. The highest BCUT2D eigenvalue weighted by molar-refractivity contribution is 14.1. The third-order valence-corrected chi connectivity index (χ3v) is 2.78. The number of hydrogen-bond acceptors (Lipinski definition) is 5. The zero-order valence-electron chi connectivity index (χ0n) is 8.55. The van der Waals surface area contributed by atoms with Crippen molar-refractivity contribution in [3.63, 3.8) is 0 Å². The molecule has 0 spiro atoms. The second-order valence-corrected chi connectivity index (χ2v) is 4.57. The maximum atomic E-state index is 11.6. The first kappa shape index (κ1) is 12.0. The van der Waals surface area contributed by atoms with Crippen LogP contribution in [0, 0.1) is 3.57 Å². The molecule has 1 saturated heterocycles. The molecule has 2 rings (SSSR count). The minimum Gasteiger partial charge on any atom is -0.323 e. The molecule has 0 bridgehead atoms. The van der Waals surface area contributed by atoms with Gasteiger partial charge in [-0.1, -0.05) is 0 Å². The van der Waals surface area contributed by atoms with Crippen molar-refractivity contribution in [3.8, 4) is 0 Å². The summed E-state index contributed by atoms with van der Waals surface area (Å²) in [6.07, 6.45) is 1.60. The van der Waals surface area contributed by atoms with Crippen molar-refractivity contribution in [1.29, 1.82) is 0 Å². The van der Waals surface area contributed by atoms with Crippen LogP contribution in [0.15, 0.2) is 18.3 Å². The van der Waals surface area contributed by atoms with Gasteiger partial charge in [-0.15, -0.1) is 5.06 Å². The molecule has 2 amide bonds. The molecule has 1 aromatic heterocycles. The Morgan fingerprint density at radius 2 is 2.00 bits per heavy atom. The van der Waals surface area contributed by atoms with E-state index in [2.05, 4.69) is 4.98 Å². The van der Waals surface area contributed by atoms with Gasteiger partial charge in [0.2, 0.25) is 0 Å². The van der Waals surface area contributed by atoms with Gasteiger partial charge in [0, 0.05) is 22.6 Å². The molecule has 88 valence electrons. The maximum absolute atomic E-state index is 11.6. The van der Waals surface area contributed by atoms with Crippen LogP contribution in [-0.4, -0.2) is 27.8 Å². The number of pyridine rings is 1. The van der Waals surface area contributed by atoms with Gasteiger partial charge in [-0.25, -0.2) is 9.78 Å². The number of halogens is 1. The van der Waals surface area contributed by atoms with E-state index in [1.165, 1.54) is 12.3 Å². The maximum Gasteiger partial charge on any atom is 0.382 e. The molecule has 2 heterocycles. The van der Waals surface area contributed by atoms with Crippen molar-refractivity contribution >= 4 is 40.4 Å². The summed E-state index contributed by atoms with van der Waals surface area (Å²) in [6, 6.07) is 3.22. The quantitative estimate of drug-likeness (QED) is 0.588. The first-order valence-electron chi connectivity index (χ1n) is 4.77. The zero-order valence-corrected chi connectivity index (χ0v) is 10.7. The number of imide groups is 1. The van der Waals surface area contributed by atoms with Crippen LogP contribution in [0.5, 0.6) is 0 Å². The Morgan fingerprint density at radius 1 is 1.35 bits per heavy atom. The molecule has 6 nitrogen and oxygen atoms in total. The van der Waals surface area contributed by atoms with Crippen LogP contribution in [0.1, 0.15) is 23.3 Å². The molecule has 1 aromatic rings. The molecule has 0 unspecified atom stereocenters. The topological polar surface area (TPSA) is 76.6 Å². The fraction of sp³-hybridized carbons (Fsp3) is 0.200. The van der Waals surface area contributed by atoms with E-state index in [0.29, 0.717) is 5.06 Å². The summed E-state index contributed by atoms with van der Waals surface area (Å²) in [5.41, 5.74) is 0.0596. The summed E-state index contributed by atoms with van der Waals surface area (Å²) in [5.74, 6) is -1.82. The Hall–Kier alpha value is -1.51. The van der Waals surface area contributed by atoms with Crippen LogP contribution < -0.4 is 0 Å². The van der Waals surface area contributed by atoms with Crippen LogP contribution in [-0.2, 0) is 14.4 Å².